The van der Waals surface area contributed by atoms with E-state index in [2.05, 4.69) is 10.6 Å². The first-order chi connectivity index (χ1) is 11.1. The number of ether oxygens (including phenoxy) is 1. The molecule has 0 atom stereocenters. The number of carbonyl (C=O) groups excluding carboxylic acids is 2. The maximum absolute atomic E-state index is 12.3. The Hall–Kier alpha value is -1.59. The van der Waals surface area contributed by atoms with Gasteiger partial charge in [0, 0.05) is 31.8 Å². The minimum Gasteiger partial charge on any atom is -0.385 e. The third kappa shape index (κ3) is 4.94. The molecule has 1 aliphatic rings. The van der Waals surface area contributed by atoms with E-state index in [1.165, 1.54) is 0 Å². The van der Waals surface area contributed by atoms with Crippen LogP contribution < -0.4 is 10.6 Å². The average Bonchev–Trinajstić information content (AvgIpc) is 3.35. The largest absolute Gasteiger partial charge is 0.385 e. The number of hydrogen-bond acceptors (Lipinski definition) is 3. The number of methoxy groups -OCH3 is 1. The standard InChI is InChI=1S/C17H23ClN2O3/c1-23-12-2-10-19-15(21)17(8-9-17)16(22)20-11-7-13-3-5-14(18)6-4-13/h3-6H,2,7-12H2,1H3,(H,19,21)(H,20,22). The van der Waals surface area contributed by atoms with Gasteiger partial charge in [0.05, 0.1) is 0 Å². The van der Waals surface area contributed by atoms with Crippen LogP contribution >= 0.6 is 11.6 Å². The zero-order chi connectivity index (χ0) is 16.7. The Kier molecular flexibility index (Phi) is 6.42. The van der Waals surface area contributed by atoms with Crippen LogP contribution in [-0.2, 0) is 20.7 Å². The van der Waals surface area contributed by atoms with Gasteiger partial charge in [0.25, 0.3) is 0 Å². The molecule has 1 aromatic carbocycles. The minimum atomic E-state index is -0.854. The summed E-state index contributed by atoms with van der Waals surface area (Å²) in [4.78, 5) is 24.5. The molecule has 0 saturated heterocycles. The molecule has 1 aliphatic carbocycles. The lowest BCUT2D eigenvalue weighted by molar-refractivity contribution is -0.137. The van der Waals surface area contributed by atoms with Crippen LogP contribution in [0.2, 0.25) is 5.02 Å². The van der Waals surface area contributed by atoms with Gasteiger partial charge in [-0.25, -0.2) is 0 Å². The molecule has 0 heterocycles. The van der Waals surface area contributed by atoms with E-state index in [0.29, 0.717) is 44.0 Å². The Balaban J connectivity index is 1.73. The molecule has 6 heteroatoms. The quantitative estimate of drug-likeness (QED) is 0.534. The molecule has 1 fully saturated rings. The summed E-state index contributed by atoms with van der Waals surface area (Å²) in [5, 5.41) is 6.39. The molecule has 0 unspecified atom stereocenters. The van der Waals surface area contributed by atoms with E-state index in [1.54, 1.807) is 7.11 Å². The summed E-state index contributed by atoms with van der Waals surface area (Å²) < 4.78 is 4.94. The zero-order valence-electron chi connectivity index (χ0n) is 13.4. The molecule has 0 bridgehead atoms. The fourth-order valence-corrected chi connectivity index (χ4v) is 2.54. The average molecular weight is 339 g/mol. The lowest BCUT2D eigenvalue weighted by atomic mass is 10.0. The van der Waals surface area contributed by atoms with Gasteiger partial charge in [-0.3, -0.25) is 9.59 Å². The molecule has 0 aliphatic heterocycles. The lowest BCUT2D eigenvalue weighted by Gasteiger charge is -2.15. The van der Waals surface area contributed by atoms with Gasteiger partial charge in [0.1, 0.15) is 5.41 Å². The predicted octanol–water partition coefficient (Wildman–Crippen LogP) is 1.93. The van der Waals surface area contributed by atoms with Crippen LogP contribution in [0.1, 0.15) is 24.8 Å². The van der Waals surface area contributed by atoms with Crippen LogP contribution in [-0.4, -0.2) is 38.6 Å². The second-order valence-electron chi connectivity index (χ2n) is 5.82. The number of amides is 2. The van der Waals surface area contributed by atoms with Crippen molar-refractivity contribution in [2.24, 2.45) is 5.41 Å². The normalized spacial score (nSPS) is 15.0. The third-order valence-corrected chi connectivity index (χ3v) is 4.29. The molecule has 2 rings (SSSR count). The molecule has 126 valence electrons. The van der Waals surface area contributed by atoms with Crippen molar-refractivity contribution in [2.45, 2.75) is 25.7 Å². The van der Waals surface area contributed by atoms with Gasteiger partial charge < -0.3 is 15.4 Å². The van der Waals surface area contributed by atoms with Crippen molar-refractivity contribution in [2.75, 3.05) is 26.8 Å². The van der Waals surface area contributed by atoms with Crippen molar-refractivity contribution in [3.63, 3.8) is 0 Å². The highest BCUT2D eigenvalue weighted by molar-refractivity contribution is 6.30. The molecule has 0 radical (unpaired) electrons. The number of hydrogen-bond donors (Lipinski definition) is 2. The van der Waals surface area contributed by atoms with Gasteiger partial charge in [-0.1, -0.05) is 23.7 Å². The van der Waals surface area contributed by atoms with Crippen molar-refractivity contribution in [1.82, 2.24) is 10.6 Å². The van der Waals surface area contributed by atoms with Crippen LogP contribution in [0.25, 0.3) is 0 Å². The summed E-state index contributed by atoms with van der Waals surface area (Å²) in [6, 6.07) is 7.52. The second kappa shape index (κ2) is 8.31. The number of rotatable bonds is 9. The van der Waals surface area contributed by atoms with Gasteiger partial charge in [-0.2, -0.15) is 0 Å². The molecule has 2 N–H and O–H groups in total. The fourth-order valence-electron chi connectivity index (χ4n) is 2.41. The number of nitrogens with one attached hydrogen (secondary N) is 2. The maximum atomic E-state index is 12.3. The van der Waals surface area contributed by atoms with E-state index in [-0.39, 0.29) is 11.8 Å². The Labute approximate surface area is 141 Å². The van der Waals surface area contributed by atoms with E-state index in [9.17, 15) is 9.59 Å². The molecule has 2 amide bonds. The topological polar surface area (TPSA) is 67.4 Å². The first-order valence-electron chi connectivity index (χ1n) is 7.88. The number of benzene rings is 1. The van der Waals surface area contributed by atoms with E-state index < -0.39 is 5.41 Å². The van der Waals surface area contributed by atoms with Crippen molar-refractivity contribution >= 4 is 23.4 Å². The van der Waals surface area contributed by atoms with Gasteiger partial charge in [-0.05, 0) is 43.4 Å². The second-order valence-corrected chi connectivity index (χ2v) is 6.25. The highest BCUT2D eigenvalue weighted by Gasteiger charge is 2.56. The Bertz CT molecular complexity index is 541. The first-order valence-corrected chi connectivity index (χ1v) is 8.26. The smallest absolute Gasteiger partial charge is 0.235 e. The summed E-state index contributed by atoms with van der Waals surface area (Å²) in [5.74, 6) is -0.340. The molecule has 5 nitrogen and oxygen atoms in total. The van der Waals surface area contributed by atoms with Crippen LogP contribution in [0.3, 0.4) is 0 Å². The Morgan fingerprint density at radius 3 is 2.30 bits per heavy atom. The van der Waals surface area contributed by atoms with E-state index >= 15 is 0 Å². The monoisotopic (exact) mass is 338 g/mol. The summed E-state index contributed by atoms with van der Waals surface area (Å²) in [5.41, 5.74) is 0.246. The molecule has 0 spiro atoms. The van der Waals surface area contributed by atoms with E-state index in [1.807, 2.05) is 24.3 Å². The minimum absolute atomic E-state index is 0.169. The van der Waals surface area contributed by atoms with Gasteiger partial charge >= 0.3 is 0 Å². The summed E-state index contributed by atoms with van der Waals surface area (Å²) in [6.45, 7) is 1.65. The fraction of sp³-hybridized carbons (Fsp3) is 0.529. The van der Waals surface area contributed by atoms with Gasteiger partial charge in [-0.15, -0.1) is 0 Å². The molecule has 1 saturated carbocycles. The molecule has 1 aromatic rings. The van der Waals surface area contributed by atoms with Gasteiger partial charge in [0.15, 0.2) is 0 Å². The number of halogens is 1. The third-order valence-electron chi connectivity index (χ3n) is 4.04. The first kappa shape index (κ1) is 17.8. The van der Waals surface area contributed by atoms with Crippen molar-refractivity contribution < 1.29 is 14.3 Å². The highest BCUT2D eigenvalue weighted by Crippen LogP contribution is 2.46. The van der Waals surface area contributed by atoms with Crippen LogP contribution in [0.15, 0.2) is 24.3 Å². The van der Waals surface area contributed by atoms with Gasteiger partial charge in [0.2, 0.25) is 11.8 Å². The number of carbonyl (C=O) groups is 2. The molecular formula is C17H23ClN2O3. The molecule has 23 heavy (non-hydrogen) atoms. The molecule has 0 aromatic heterocycles. The van der Waals surface area contributed by atoms with E-state index in [4.69, 9.17) is 16.3 Å². The van der Waals surface area contributed by atoms with E-state index in [0.717, 1.165) is 12.0 Å². The maximum Gasteiger partial charge on any atom is 0.235 e. The van der Waals surface area contributed by atoms with Crippen molar-refractivity contribution in [1.29, 1.82) is 0 Å². The SMILES string of the molecule is COCCCNC(=O)C1(C(=O)NCCc2ccc(Cl)cc2)CC1. The Morgan fingerprint density at radius 1 is 1.13 bits per heavy atom. The van der Waals surface area contributed by atoms with Crippen LogP contribution in [0.5, 0.6) is 0 Å². The lowest BCUT2D eigenvalue weighted by Crippen LogP contribution is -2.44. The summed E-state index contributed by atoms with van der Waals surface area (Å²) >= 11 is 5.84. The van der Waals surface area contributed by atoms with Crippen molar-refractivity contribution in [3.8, 4) is 0 Å². The van der Waals surface area contributed by atoms with Crippen LogP contribution in [0, 0.1) is 5.41 Å². The Morgan fingerprint density at radius 2 is 1.74 bits per heavy atom. The highest BCUT2D eigenvalue weighted by atomic mass is 35.5. The van der Waals surface area contributed by atoms with Crippen LogP contribution in [0.4, 0.5) is 0 Å². The van der Waals surface area contributed by atoms with Crippen molar-refractivity contribution in [3.05, 3.63) is 34.9 Å². The summed E-state index contributed by atoms with van der Waals surface area (Å²) in [7, 11) is 1.62. The predicted molar refractivity (Wildman–Crippen MR) is 89.3 cm³/mol. The summed E-state index contributed by atoms with van der Waals surface area (Å²) in [6.07, 6.45) is 2.71. The zero-order valence-corrected chi connectivity index (χ0v) is 14.1. The molecular weight excluding hydrogens is 316 g/mol.